The van der Waals surface area contributed by atoms with E-state index in [1.807, 2.05) is 19.1 Å². The summed E-state index contributed by atoms with van der Waals surface area (Å²) in [5, 5.41) is 0. The van der Waals surface area contributed by atoms with Crippen molar-refractivity contribution in [2.75, 3.05) is 5.73 Å². The minimum atomic E-state index is -0.268. The quantitative estimate of drug-likeness (QED) is 0.783. The zero-order valence-corrected chi connectivity index (χ0v) is 8.90. The lowest BCUT2D eigenvalue weighted by Gasteiger charge is -2.05. The normalized spacial score (nSPS) is 10.3. The van der Waals surface area contributed by atoms with E-state index in [2.05, 4.69) is 15.0 Å². The molecule has 0 aromatic carbocycles. The van der Waals surface area contributed by atoms with Crippen molar-refractivity contribution in [2.45, 2.75) is 13.3 Å². The lowest BCUT2D eigenvalue weighted by Crippen LogP contribution is -2.11. The molecule has 0 bridgehead atoms. The molecule has 5 heteroatoms. The fourth-order valence-corrected chi connectivity index (χ4v) is 1.53. The van der Waals surface area contributed by atoms with Gasteiger partial charge in [-0.2, -0.15) is 0 Å². The van der Waals surface area contributed by atoms with Crippen molar-refractivity contribution in [3.8, 4) is 11.5 Å². The van der Waals surface area contributed by atoms with Gasteiger partial charge in [0.05, 0.1) is 0 Å². The minimum Gasteiger partial charge on any atom is -0.383 e. The van der Waals surface area contributed by atoms with Crippen molar-refractivity contribution in [3.05, 3.63) is 40.3 Å². The third-order valence-corrected chi connectivity index (χ3v) is 2.26. The number of nitrogens with zero attached hydrogens (tertiary/aromatic N) is 2. The van der Waals surface area contributed by atoms with Crippen LogP contribution in [-0.4, -0.2) is 15.0 Å². The molecule has 0 aliphatic carbocycles. The Hall–Kier alpha value is -2.17. The summed E-state index contributed by atoms with van der Waals surface area (Å²) < 4.78 is 0. The molecule has 2 rings (SSSR count). The highest BCUT2D eigenvalue weighted by Crippen LogP contribution is 2.16. The van der Waals surface area contributed by atoms with Crippen LogP contribution in [0.1, 0.15) is 12.5 Å². The van der Waals surface area contributed by atoms with Gasteiger partial charge in [0, 0.05) is 12.3 Å². The molecule has 0 aliphatic rings. The number of rotatable bonds is 2. The van der Waals surface area contributed by atoms with E-state index < -0.39 is 0 Å². The molecule has 5 nitrogen and oxygen atoms in total. The van der Waals surface area contributed by atoms with Gasteiger partial charge in [-0.15, -0.1) is 0 Å². The summed E-state index contributed by atoms with van der Waals surface area (Å²) in [5.41, 5.74) is 6.96. The Labute approximate surface area is 92.4 Å². The molecule has 0 unspecified atom stereocenters. The zero-order valence-electron chi connectivity index (χ0n) is 8.90. The molecule has 0 saturated heterocycles. The third kappa shape index (κ3) is 1.93. The molecule has 0 saturated carbocycles. The number of hydrogen-bond donors (Lipinski definition) is 2. The van der Waals surface area contributed by atoms with Gasteiger partial charge >= 0.3 is 0 Å². The molecule has 82 valence electrons. The second-order valence-corrected chi connectivity index (χ2v) is 3.38. The van der Waals surface area contributed by atoms with Crippen molar-refractivity contribution in [3.63, 3.8) is 0 Å². The van der Waals surface area contributed by atoms with Crippen LogP contribution in [0.2, 0.25) is 0 Å². The van der Waals surface area contributed by atoms with Crippen molar-refractivity contribution >= 4 is 5.82 Å². The van der Waals surface area contributed by atoms with Crippen molar-refractivity contribution in [1.29, 1.82) is 0 Å². The maximum absolute atomic E-state index is 11.3. The Morgan fingerprint density at radius 1 is 1.50 bits per heavy atom. The molecule has 16 heavy (non-hydrogen) atoms. The Morgan fingerprint density at radius 3 is 3.00 bits per heavy atom. The van der Waals surface area contributed by atoms with Crippen LogP contribution in [0.15, 0.2) is 29.2 Å². The predicted molar refractivity (Wildman–Crippen MR) is 61.9 cm³/mol. The summed E-state index contributed by atoms with van der Waals surface area (Å²) in [4.78, 5) is 22.2. The number of aryl methyl sites for hydroxylation is 1. The molecule has 0 spiro atoms. The number of aromatic amines is 1. The summed E-state index contributed by atoms with van der Waals surface area (Å²) >= 11 is 0. The largest absolute Gasteiger partial charge is 0.383 e. The fraction of sp³-hybridized carbons (Fsp3) is 0.182. The number of aromatic nitrogens is 3. The first kappa shape index (κ1) is 10.4. The van der Waals surface area contributed by atoms with Gasteiger partial charge in [0.15, 0.2) is 5.82 Å². The third-order valence-electron chi connectivity index (χ3n) is 2.26. The molecule has 3 N–H and O–H groups in total. The van der Waals surface area contributed by atoms with E-state index in [1.54, 1.807) is 6.20 Å². The topological polar surface area (TPSA) is 84.7 Å². The number of nitrogen functional groups attached to an aromatic ring is 1. The van der Waals surface area contributed by atoms with Crippen molar-refractivity contribution in [1.82, 2.24) is 15.0 Å². The summed E-state index contributed by atoms with van der Waals surface area (Å²) in [6.45, 7) is 2.02. The molecule has 0 radical (unpaired) electrons. The average Bonchev–Trinajstić information content (AvgIpc) is 2.27. The van der Waals surface area contributed by atoms with Crippen LogP contribution in [0.3, 0.4) is 0 Å². The van der Waals surface area contributed by atoms with Crippen LogP contribution in [0, 0.1) is 0 Å². The number of H-pyrrole nitrogens is 1. The van der Waals surface area contributed by atoms with Crippen LogP contribution in [0.25, 0.3) is 11.5 Å². The first-order chi connectivity index (χ1) is 7.70. The van der Waals surface area contributed by atoms with Gasteiger partial charge in [-0.25, -0.2) is 4.98 Å². The Morgan fingerprint density at radius 2 is 2.31 bits per heavy atom. The van der Waals surface area contributed by atoms with Crippen LogP contribution >= 0.6 is 0 Å². The van der Waals surface area contributed by atoms with E-state index >= 15 is 0 Å². The molecule has 2 aromatic rings. The highest BCUT2D eigenvalue weighted by atomic mass is 16.1. The molecule has 0 amide bonds. The van der Waals surface area contributed by atoms with Crippen molar-refractivity contribution in [2.24, 2.45) is 0 Å². The lowest BCUT2D eigenvalue weighted by atomic mass is 10.1. The number of nitrogens with one attached hydrogen (secondary N) is 1. The molecule has 2 heterocycles. The van der Waals surface area contributed by atoms with Gasteiger partial charge in [-0.1, -0.05) is 13.0 Å². The van der Waals surface area contributed by atoms with Gasteiger partial charge in [-0.05, 0) is 18.1 Å². The highest BCUT2D eigenvalue weighted by molar-refractivity contribution is 5.55. The molecule has 0 fully saturated rings. The van der Waals surface area contributed by atoms with E-state index in [0.29, 0.717) is 11.5 Å². The fourth-order valence-electron chi connectivity index (χ4n) is 1.53. The van der Waals surface area contributed by atoms with Gasteiger partial charge in [-0.3, -0.25) is 9.78 Å². The number of nitrogens with two attached hydrogens (primary N) is 1. The second kappa shape index (κ2) is 4.14. The summed E-state index contributed by atoms with van der Waals surface area (Å²) in [5.74, 6) is 0.619. The Kier molecular flexibility index (Phi) is 2.68. The number of pyridine rings is 1. The number of hydrogen-bond acceptors (Lipinski definition) is 4. The summed E-state index contributed by atoms with van der Waals surface area (Å²) in [6.07, 6.45) is 2.49. The van der Waals surface area contributed by atoms with Gasteiger partial charge in [0.25, 0.3) is 5.56 Å². The standard InChI is InChI=1S/C11H12N4O/c1-2-7-4-3-5-13-10(7)11-14-8(12)6-9(16)15-11/h3-6H,2H2,1H3,(H3,12,14,15,16). The zero-order chi connectivity index (χ0) is 11.5. The van der Waals surface area contributed by atoms with Crippen LogP contribution in [0.4, 0.5) is 5.82 Å². The maximum Gasteiger partial charge on any atom is 0.253 e. The molecular weight excluding hydrogens is 204 g/mol. The highest BCUT2D eigenvalue weighted by Gasteiger charge is 2.07. The Bertz CT molecular complexity index is 562. The van der Waals surface area contributed by atoms with Crippen LogP contribution < -0.4 is 11.3 Å². The minimum absolute atomic E-state index is 0.200. The van der Waals surface area contributed by atoms with E-state index in [0.717, 1.165) is 12.0 Å². The van der Waals surface area contributed by atoms with E-state index in [4.69, 9.17) is 5.73 Å². The molecule has 0 atom stereocenters. The summed E-state index contributed by atoms with van der Waals surface area (Å²) in [7, 11) is 0. The molecular formula is C11H12N4O. The number of anilines is 1. The van der Waals surface area contributed by atoms with E-state index in [1.165, 1.54) is 6.07 Å². The second-order valence-electron chi connectivity index (χ2n) is 3.38. The Balaban J connectivity index is 2.62. The van der Waals surface area contributed by atoms with E-state index in [9.17, 15) is 4.79 Å². The predicted octanol–water partition coefficient (Wildman–Crippen LogP) is 0.976. The maximum atomic E-state index is 11.3. The van der Waals surface area contributed by atoms with Gasteiger partial charge in [0.2, 0.25) is 0 Å². The molecule has 2 aromatic heterocycles. The van der Waals surface area contributed by atoms with Gasteiger partial charge < -0.3 is 10.7 Å². The molecule has 0 aliphatic heterocycles. The van der Waals surface area contributed by atoms with E-state index in [-0.39, 0.29) is 11.4 Å². The summed E-state index contributed by atoms with van der Waals surface area (Å²) in [6, 6.07) is 5.05. The lowest BCUT2D eigenvalue weighted by molar-refractivity contribution is 1.06. The monoisotopic (exact) mass is 216 g/mol. The smallest absolute Gasteiger partial charge is 0.253 e. The SMILES string of the molecule is CCc1cccnc1-c1nc(N)cc(=O)[nH]1. The first-order valence-electron chi connectivity index (χ1n) is 5.02. The average molecular weight is 216 g/mol. The van der Waals surface area contributed by atoms with Crippen molar-refractivity contribution < 1.29 is 0 Å². The van der Waals surface area contributed by atoms with Crippen LogP contribution in [0.5, 0.6) is 0 Å². The van der Waals surface area contributed by atoms with Gasteiger partial charge in [0.1, 0.15) is 11.5 Å². The van der Waals surface area contributed by atoms with Crippen LogP contribution in [-0.2, 0) is 6.42 Å². The first-order valence-corrected chi connectivity index (χ1v) is 5.02.